The Morgan fingerprint density at radius 3 is 2.20 bits per heavy atom. The Morgan fingerprint density at radius 2 is 1.64 bits per heavy atom. The highest BCUT2D eigenvalue weighted by Crippen LogP contribution is 2.26. The highest BCUT2D eigenvalue weighted by Gasteiger charge is 2.21. The van der Waals surface area contributed by atoms with E-state index in [4.69, 9.17) is 23.2 Å². The third-order valence-corrected chi connectivity index (χ3v) is 6.27. The molecule has 2 aromatic carbocycles. The number of benzene rings is 2. The summed E-state index contributed by atoms with van der Waals surface area (Å²) in [6.07, 6.45) is 0. The molecule has 0 aliphatic carbocycles. The van der Waals surface area contributed by atoms with Crippen LogP contribution < -0.4 is 5.32 Å². The fourth-order valence-electron chi connectivity index (χ4n) is 2.28. The zero-order valence-corrected chi connectivity index (χ0v) is 16.1. The van der Waals surface area contributed by atoms with Crippen molar-refractivity contribution < 1.29 is 13.2 Å². The molecule has 2 rings (SSSR count). The van der Waals surface area contributed by atoms with Crippen LogP contribution in [0.25, 0.3) is 0 Å². The molecule has 0 aliphatic rings. The van der Waals surface area contributed by atoms with E-state index in [2.05, 4.69) is 5.32 Å². The largest absolute Gasteiger partial charge is 0.321 e. The maximum Gasteiger partial charge on any atom is 0.255 e. The summed E-state index contributed by atoms with van der Waals surface area (Å²) in [4.78, 5) is 12.5. The average Bonchev–Trinajstić information content (AvgIpc) is 2.59. The third-order valence-electron chi connectivity index (χ3n) is 3.64. The van der Waals surface area contributed by atoms with E-state index in [0.29, 0.717) is 34.4 Å². The number of hydrogen-bond acceptors (Lipinski definition) is 3. The summed E-state index contributed by atoms with van der Waals surface area (Å²) in [7, 11) is -3.55. The fourth-order valence-corrected chi connectivity index (χ4v) is 4.07. The maximum absolute atomic E-state index is 12.4. The first kappa shape index (κ1) is 19.7. The van der Waals surface area contributed by atoms with Gasteiger partial charge in [0.15, 0.2) is 0 Å². The van der Waals surface area contributed by atoms with Crippen molar-refractivity contribution in [2.75, 3.05) is 18.4 Å². The van der Waals surface area contributed by atoms with Crippen LogP contribution in [0.2, 0.25) is 10.0 Å². The Labute approximate surface area is 157 Å². The van der Waals surface area contributed by atoms with E-state index in [1.54, 1.807) is 32.0 Å². The van der Waals surface area contributed by atoms with Crippen LogP contribution in [0.1, 0.15) is 24.2 Å². The Bertz CT molecular complexity index is 864. The minimum Gasteiger partial charge on any atom is -0.321 e. The van der Waals surface area contributed by atoms with Gasteiger partial charge in [-0.2, -0.15) is 4.31 Å². The number of sulfonamides is 1. The van der Waals surface area contributed by atoms with Crippen molar-refractivity contribution in [3.63, 3.8) is 0 Å². The van der Waals surface area contributed by atoms with E-state index in [1.165, 1.54) is 28.6 Å². The van der Waals surface area contributed by atoms with E-state index in [0.717, 1.165) is 0 Å². The number of amides is 1. The summed E-state index contributed by atoms with van der Waals surface area (Å²) >= 11 is 11.9. The molecule has 8 heteroatoms. The molecule has 0 aromatic heterocycles. The number of carbonyl (C=O) groups excluding carboxylic acids is 1. The van der Waals surface area contributed by atoms with Crippen LogP contribution >= 0.6 is 23.2 Å². The molecule has 0 unspecified atom stereocenters. The second-order valence-electron chi connectivity index (χ2n) is 5.19. The number of carbonyl (C=O) groups is 1. The average molecular weight is 401 g/mol. The predicted molar refractivity (Wildman–Crippen MR) is 101 cm³/mol. The first-order valence-electron chi connectivity index (χ1n) is 7.66. The van der Waals surface area contributed by atoms with Gasteiger partial charge in [-0.05, 0) is 42.5 Å². The van der Waals surface area contributed by atoms with Gasteiger partial charge >= 0.3 is 0 Å². The summed E-state index contributed by atoms with van der Waals surface area (Å²) in [6.45, 7) is 4.32. The predicted octanol–water partition coefficient (Wildman–Crippen LogP) is 4.28. The van der Waals surface area contributed by atoms with E-state index >= 15 is 0 Å². The minimum absolute atomic E-state index is 0.147. The van der Waals surface area contributed by atoms with Gasteiger partial charge in [0, 0.05) is 23.7 Å². The Hall–Kier alpha value is -1.60. The molecule has 0 spiro atoms. The van der Waals surface area contributed by atoms with Gasteiger partial charge in [0.25, 0.3) is 5.91 Å². The highest BCUT2D eigenvalue weighted by atomic mass is 35.5. The Balaban J connectivity index is 2.22. The van der Waals surface area contributed by atoms with E-state index < -0.39 is 15.9 Å². The molecule has 0 saturated carbocycles. The van der Waals surface area contributed by atoms with Gasteiger partial charge in [-0.3, -0.25) is 4.79 Å². The van der Waals surface area contributed by atoms with Crippen molar-refractivity contribution in [3.8, 4) is 0 Å². The first-order chi connectivity index (χ1) is 11.8. The monoisotopic (exact) mass is 400 g/mol. The summed E-state index contributed by atoms with van der Waals surface area (Å²) < 4.78 is 26.2. The summed E-state index contributed by atoms with van der Waals surface area (Å²) in [6, 6.07) is 10.5. The molecule has 0 heterocycles. The SMILES string of the molecule is CCN(CC)S(=O)(=O)c1ccc(C(=O)Nc2cc(Cl)ccc2Cl)cc1. The van der Waals surface area contributed by atoms with Crippen molar-refractivity contribution in [1.29, 1.82) is 0 Å². The lowest BCUT2D eigenvalue weighted by Gasteiger charge is -2.18. The van der Waals surface area contributed by atoms with Crippen LogP contribution in [0, 0.1) is 0 Å². The molecule has 0 fully saturated rings. The smallest absolute Gasteiger partial charge is 0.255 e. The lowest BCUT2D eigenvalue weighted by atomic mass is 10.2. The van der Waals surface area contributed by atoms with Gasteiger partial charge in [-0.15, -0.1) is 0 Å². The van der Waals surface area contributed by atoms with E-state index in [-0.39, 0.29) is 4.90 Å². The quantitative estimate of drug-likeness (QED) is 0.786. The number of halogens is 2. The molecular formula is C17H18Cl2N2O3S. The molecule has 1 amide bonds. The second kappa shape index (κ2) is 8.19. The van der Waals surface area contributed by atoms with Crippen LogP contribution in [0.5, 0.6) is 0 Å². The van der Waals surface area contributed by atoms with Crippen molar-refractivity contribution in [2.24, 2.45) is 0 Å². The normalized spacial score (nSPS) is 11.6. The Morgan fingerprint density at radius 1 is 1.04 bits per heavy atom. The van der Waals surface area contributed by atoms with Gasteiger partial charge in [-0.1, -0.05) is 37.0 Å². The van der Waals surface area contributed by atoms with Crippen molar-refractivity contribution in [1.82, 2.24) is 4.31 Å². The third kappa shape index (κ3) is 4.52. The maximum atomic E-state index is 12.4. The highest BCUT2D eigenvalue weighted by molar-refractivity contribution is 7.89. The molecule has 2 aromatic rings. The van der Waals surface area contributed by atoms with Gasteiger partial charge in [0.2, 0.25) is 10.0 Å². The molecule has 0 atom stereocenters. The van der Waals surface area contributed by atoms with Crippen LogP contribution in [-0.2, 0) is 10.0 Å². The van der Waals surface area contributed by atoms with Gasteiger partial charge in [0.05, 0.1) is 15.6 Å². The molecule has 134 valence electrons. The number of nitrogens with one attached hydrogen (secondary N) is 1. The van der Waals surface area contributed by atoms with Crippen molar-refractivity contribution in [3.05, 3.63) is 58.1 Å². The summed E-state index contributed by atoms with van der Waals surface area (Å²) in [5, 5.41) is 3.46. The lowest BCUT2D eigenvalue weighted by molar-refractivity contribution is 0.102. The molecule has 5 nitrogen and oxygen atoms in total. The van der Waals surface area contributed by atoms with Crippen molar-refractivity contribution in [2.45, 2.75) is 18.7 Å². The molecule has 0 bridgehead atoms. The molecule has 0 radical (unpaired) electrons. The van der Waals surface area contributed by atoms with Crippen molar-refractivity contribution >= 4 is 44.8 Å². The lowest BCUT2D eigenvalue weighted by Crippen LogP contribution is -2.30. The molecule has 0 saturated heterocycles. The summed E-state index contributed by atoms with van der Waals surface area (Å²) in [5.41, 5.74) is 0.702. The van der Waals surface area contributed by atoms with Gasteiger partial charge in [-0.25, -0.2) is 8.42 Å². The number of rotatable bonds is 6. The zero-order chi connectivity index (χ0) is 18.6. The van der Waals surface area contributed by atoms with Crippen LogP contribution in [-0.4, -0.2) is 31.7 Å². The number of anilines is 1. The van der Waals surface area contributed by atoms with Gasteiger partial charge < -0.3 is 5.32 Å². The standard InChI is InChI=1S/C17H18Cl2N2O3S/c1-3-21(4-2)25(23,24)14-8-5-12(6-9-14)17(22)20-16-11-13(18)7-10-15(16)19/h5-11H,3-4H2,1-2H3,(H,20,22). The van der Waals surface area contributed by atoms with Crippen LogP contribution in [0.3, 0.4) is 0 Å². The minimum atomic E-state index is -3.55. The summed E-state index contributed by atoms with van der Waals surface area (Å²) in [5.74, 6) is -0.407. The Kier molecular flexibility index (Phi) is 6.46. The zero-order valence-electron chi connectivity index (χ0n) is 13.8. The van der Waals surface area contributed by atoms with E-state index in [9.17, 15) is 13.2 Å². The molecule has 25 heavy (non-hydrogen) atoms. The molecule has 0 aliphatic heterocycles. The van der Waals surface area contributed by atoms with Crippen LogP contribution in [0.15, 0.2) is 47.4 Å². The number of hydrogen-bond donors (Lipinski definition) is 1. The molecular weight excluding hydrogens is 383 g/mol. The first-order valence-corrected chi connectivity index (χ1v) is 9.85. The van der Waals surface area contributed by atoms with Crippen LogP contribution in [0.4, 0.5) is 5.69 Å². The van der Waals surface area contributed by atoms with E-state index in [1.807, 2.05) is 0 Å². The topological polar surface area (TPSA) is 66.5 Å². The fraction of sp³-hybridized carbons (Fsp3) is 0.235. The number of nitrogens with zero attached hydrogens (tertiary/aromatic N) is 1. The molecule has 1 N–H and O–H groups in total. The van der Waals surface area contributed by atoms with Gasteiger partial charge in [0.1, 0.15) is 0 Å². The second-order valence-corrected chi connectivity index (χ2v) is 7.97.